The van der Waals surface area contributed by atoms with Gasteiger partial charge in [-0.25, -0.2) is 24.1 Å². The molecule has 3 rings (SSSR count). The summed E-state index contributed by atoms with van der Waals surface area (Å²) in [6.45, 7) is -1.90. The van der Waals surface area contributed by atoms with Gasteiger partial charge in [-0.05, 0) is 0 Å². The molecule has 20 heteroatoms. The monoisotopic (exact) mass is 543 g/mol. The highest BCUT2D eigenvalue weighted by molar-refractivity contribution is 7.61. The maximum atomic E-state index is 12.1. The van der Waals surface area contributed by atoms with Crippen LogP contribution >= 0.6 is 15.6 Å². The zero-order valence-electron chi connectivity index (χ0n) is 17.6. The van der Waals surface area contributed by atoms with Crippen molar-refractivity contribution in [3.05, 3.63) is 12.7 Å². The quantitative estimate of drug-likeness (QED) is 0.108. The van der Waals surface area contributed by atoms with Gasteiger partial charge in [0.15, 0.2) is 17.8 Å². The summed E-state index contributed by atoms with van der Waals surface area (Å²) in [7, 11) is -10.6. The molecule has 18 nitrogen and oxygen atoms in total. The molecular weight excluding hydrogens is 520 g/mol. The summed E-state index contributed by atoms with van der Waals surface area (Å²) in [5.74, 6) is 0.128. The minimum atomic E-state index is -5.33. The van der Waals surface area contributed by atoms with Gasteiger partial charge in [0, 0.05) is 6.42 Å². The number of carbonyl (C=O) groups is 1. The van der Waals surface area contributed by atoms with Gasteiger partial charge in [-0.1, -0.05) is 0 Å². The molecule has 35 heavy (non-hydrogen) atoms. The molecule has 0 aliphatic carbocycles. The molecule has 196 valence electrons. The fraction of sp³-hybridized carbons (Fsp3) is 0.600. The van der Waals surface area contributed by atoms with E-state index in [0.717, 1.165) is 0 Å². The number of fused-ring (bicyclic) bond motifs is 1. The molecular formula is C15H23N5O13P2. The van der Waals surface area contributed by atoms with Crippen LogP contribution in [-0.4, -0.2) is 99.8 Å². The van der Waals surface area contributed by atoms with Crippen LogP contribution in [-0.2, 0) is 32.0 Å². The molecule has 1 saturated heterocycles. The number of anilines is 1. The van der Waals surface area contributed by atoms with E-state index in [1.54, 1.807) is 0 Å². The van der Waals surface area contributed by atoms with Gasteiger partial charge < -0.3 is 45.5 Å². The number of hydrogen-bond acceptors (Lipinski definition) is 15. The van der Waals surface area contributed by atoms with Crippen molar-refractivity contribution in [2.75, 3.05) is 18.9 Å². The highest BCUT2D eigenvalue weighted by Crippen LogP contribution is 2.60. The van der Waals surface area contributed by atoms with Gasteiger partial charge in [0.1, 0.15) is 42.5 Å². The van der Waals surface area contributed by atoms with Crippen molar-refractivity contribution in [3.8, 4) is 0 Å². The Hall–Kier alpha value is -1.92. The van der Waals surface area contributed by atoms with E-state index in [1.807, 2.05) is 0 Å². The number of nitrogens with two attached hydrogens (primary N) is 1. The lowest BCUT2D eigenvalue weighted by Gasteiger charge is -2.22. The maximum absolute atomic E-state index is 12.1. The van der Waals surface area contributed by atoms with Crippen LogP contribution < -0.4 is 5.73 Å². The fourth-order valence-corrected chi connectivity index (χ4v) is 5.14. The molecule has 0 spiro atoms. The van der Waals surface area contributed by atoms with Gasteiger partial charge in [0.2, 0.25) is 0 Å². The number of nitrogen functional groups attached to an aromatic ring is 1. The zero-order valence-corrected chi connectivity index (χ0v) is 19.4. The number of ether oxygens (including phenoxy) is 1. The van der Waals surface area contributed by atoms with Gasteiger partial charge in [0.05, 0.1) is 25.6 Å². The third kappa shape index (κ3) is 6.85. The second-order valence-corrected chi connectivity index (χ2v) is 10.4. The van der Waals surface area contributed by atoms with Gasteiger partial charge in [-0.2, -0.15) is 4.31 Å². The standard InChI is InChI=1S/C15H23N5O13P2/c16-14-12-15(18-5-17-14)20(6-19-12)11-1-7(22)10(32-11)4-31-35(28,29)33-34(26,27)30-3-9(24)13(25)8(23)2-21/h2,5-11,13,22-25H,1,3-4H2,(H,26,27)(H,28,29)(H2,16,17,18)/t7-,8-,9+,10+,11+,13-/m0/s1. The Morgan fingerprint density at radius 3 is 2.57 bits per heavy atom. The molecule has 8 atom stereocenters. The Kier molecular flexibility index (Phi) is 8.69. The first-order chi connectivity index (χ1) is 16.3. The first kappa shape index (κ1) is 27.7. The Balaban J connectivity index is 1.54. The first-order valence-electron chi connectivity index (χ1n) is 9.75. The largest absolute Gasteiger partial charge is 0.481 e. The molecule has 2 aromatic rings. The molecule has 0 amide bonds. The van der Waals surface area contributed by atoms with Crippen molar-refractivity contribution in [3.63, 3.8) is 0 Å². The normalized spacial score (nSPS) is 26.6. The smallest absolute Gasteiger partial charge is 0.390 e. The molecule has 0 aromatic carbocycles. The molecule has 0 radical (unpaired) electrons. The Morgan fingerprint density at radius 1 is 1.20 bits per heavy atom. The number of rotatable bonds is 12. The lowest BCUT2D eigenvalue weighted by molar-refractivity contribution is -0.127. The highest BCUT2D eigenvalue weighted by Gasteiger charge is 2.41. The van der Waals surface area contributed by atoms with E-state index in [0.29, 0.717) is 11.2 Å². The zero-order chi connectivity index (χ0) is 26.0. The minimum Gasteiger partial charge on any atom is -0.390 e. The number of imidazole rings is 1. The first-order valence-corrected chi connectivity index (χ1v) is 12.7. The Morgan fingerprint density at radius 2 is 1.89 bits per heavy atom. The SMILES string of the molecule is Nc1ncnc2c1ncn2[C@H]1C[C@H](O)[C@@H](COP(=O)(O)OP(=O)(O)OC[C@@H](O)[C@@H](O)[C@@H](O)C=O)O1. The minimum absolute atomic E-state index is 0.00837. The highest BCUT2D eigenvalue weighted by atomic mass is 31.3. The average molecular weight is 543 g/mol. The van der Waals surface area contributed by atoms with E-state index in [1.165, 1.54) is 17.2 Å². The summed E-state index contributed by atoms with van der Waals surface area (Å²) < 4.78 is 44.0. The van der Waals surface area contributed by atoms with Crippen LogP contribution in [0.15, 0.2) is 12.7 Å². The van der Waals surface area contributed by atoms with E-state index in [9.17, 15) is 39.0 Å². The number of carbonyl (C=O) groups excluding carboxylic acids is 1. The molecule has 0 bridgehead atoms. The Bertz CT molecular complexity index is 1130. The van der Waals surface area contributed by atoms with E-state index in [4.69, 9.17) is 15.6 Å². The topological polar surface area (TPSA) is 279 Å². The second kappa shape index (κ2) is 11.0. The number of aromatic nitrogens is 4. The van der Waals surface area contributed by atoms with Crippen LogP contribution in [0.1, 0.15) is 12.6 Å². The van der Waals surface area contributed by atoms with E-state index in [2.05, 4.69) is 28.3 Å². The summed E-state index contributed by atoms with van der Waals surface area (Å²) in [6, 6.07) is 0. The third-order valence-corrected chi connectivity index (χ3v) is 7.40. The van der Waals surface area contributed by atoms with Crippen molar-refractivity contribution in [1.82, 2.24) is 19.5 Å². The van der Waals surface area contributed by atoms with E-state index in [-0.39, 0.29) is 18.5 Å². The molecule has 3 heterocycles. The summed E-state index contributed by atoms with van der Waals surface area (Å²) in [5, 5.41) is 38.3. The predicted molar refractivity (Wildman–Crippen MR) is 111 cm³/mol. The van der Waals surface area contributed by atoms with Crippen LogP contribution in [0.2, 0.25) is 0 Å². The molecule has 0 saturated carbocycles. The molecule has 1 fully saturated rings. The van der Waals surface area contributed by atoms with Gasteiger partial charge in [-0.3, -0.25) is 13.6 Å². The number of nitrogens with zero attached hydrogens (tertiary/aromatic N) is 4. The molecule has 1 aliphatic rings. The number of aliphatic hydroxyl groups excluding tert-OH is 4. The van der Waals surface area contributed by atoms with Crippen LogP contribution in [0.25, 0.3) is 11.2 Å². The fourth-order valence-electron chi connectivity index (χ4n) is 3.04. The number of phosphoric ester groups is 2. The summed E-state index contributed by atoms with van der Waals surface area (Å²) in [4.78, 5) is 41.6. The van der Waals surface area contributed by atoms with E-state index < -0.39 is 65.6 Å². The van der Waals surface area contributed by atoms with Crippen LogP contribution in [0.5, 0.6) is 0 Å². The molecule has 2 aromatic heterocycles. The van der Waals surface area contributed by atoms with Crippen LogP contribution in [0.3, 0.4) is 0 Å². The number of phosphoric acid groups is 2. The lowest BCUT2D eigenvalue weighted by Crippen LogP contribution is -2.40. The van der Waals surface area contributed by atoms with Crippen LogP contribution in [0, 0.1) is 0 Å². The van der Waals surface area contributed by atoms with Gasteiger partial charge >= 0.3 is 15.6 Å². The van der Waals surface area contributed by atoms with Crippen molar-refractivity contribution in [2.24, 2.45) is 0 Å². The van der Waals surface area contributed by atoms with Crippen molar-refractivity contribution < 1.29 is 62.2 Å². The summed E-state index contributed by atoms with van der Waals surface area (Å²) >= 11 is 0. The van der Waals surface area contributed by atoms with Gasteiger partial charge in [0.25, 0.3) is 0 Å². The number of aldehydes is 1. The predicted octanol–water partition coefficient (Wildman–Crippen LogP) is -2.41. The van der Waals surface area contributed by atoms with Crippen molar-refractivity contribution >= 4 is 38.9 Å². The van der Waals surface area contributed by atoms with Crippen molar-refractivity contribution in [2.45, 2.75) is 43.2 Å². The van der Waals surface area contributed by atoms with Gasteiger partial charge in [-0.15, -0.1) is 0 Å². The average Bonchev–Trinajstić information content (AvgIpc) is 3.38. The maximum Gasteiger partial charge on any atom is 0.481 e. The Labute approximate surface area is 196 Å². The molecule has 2 unspecified atom stereocenters. The third-order valence-electron chi connectivity index (χ3n) is 4.80. The van der Waals surface area contributed by atoms with Crippen molar-refractivity contribution in [1.29, 1.82) is 0 Å². The lowest BCUT2D eigenvalue weighted by atomic mass is 10.1. The number of aliphatic hydroxyl groups is 4. The summed E-state index contributed by atoms with van der Waals surface area (Å²) in [6.07, 6.45) is -6.77. The summed E-state index contributed by atoms with van der Waals surface area (Å²) in [5.41, 5.74) is 6.35. The molecule has 1 aliphatic heterocycles. The molecule has 8 N–H and O–H groups in total. The van der Waals surface area contributed by atoms with E-state index >= 15 is 0 Å². The number of hydrogen-bond donors (Lipinski definition) is 7. The van der Waals surface area contributed by atoms with Crippen LogP contribution in [0.4, 0.5) is 5.82 Å². The second-order valence-electron chi connectivity index (χ2n) is 7.31.